The maximum Gasteiger partial charge on any atom is 0.414 e. The molecule has 0 bridgehead atoms. The van der Waals surface area contributed by atoms with E-state index in [9.17, 15) is 4.79 Å². The number of amides is 1. The molecule has 4 rings (SSSR count). The van der Waals surface area contributed by atoms with Crippen LogP contribution in [0.5, 0.6) is 5.75 Å². The van der Waals surface area contributed by atoms with Crippen molar-refractivity contribution in [1.82, 2.24) is 15.0 Å². The molecule has 0 N–H and O–H groups in total. The van der Waals surface area contributed by atoms with Crippen molar-refractivity contribution in [2.24, 2.45) is 5.16 Å². The molecule has 26 heavy (non-hydrogen) atoms. The normalized spacial score (nSPS) is 20.8. The van der Waals surface area contributed by atoms with Crippen LogP contribution in [0.25, 0.3) is 0 Å². The Morgan fingerprint density at radius 3 is 3.08 bits per heavy atom. The molecular formula is C16H18N6O4. The summed E-state index contributed by atoms with van der Waals surface area (Å²) in [6, 6.07) is 5.56. The maximum absolute atomic E-state index is 12.3. The highest BCUT2D eigenvalue weighted by molar-refractivity contribution is 6.01. The predicted molar refractivity (Wildman–Crippen MR) is 92.4 cm³/mol. The largest absolute Gasteiger partial charge is 0.483 e. The van der Waals surface area contributed by atoms with Crippen molar-refractivity contribution in [2.45, 2.75) is 12.6 Å². The molecule has 0 spiro atoms. The molecule has 136 valence electrons. The van der Waals surface area contributed by atoms with Crippen molar-refractivity contribution >= 4 is 23.3 Å². The first-order valence-corrected chi connectivity index (χ1v) is 8.08. The lowest BCUT2D eigenvalue weighted by Gasteiger charge is -2.29. The molecule has 2 aromatic rings. The topological polar surface area (TPSA) is 94.3 Å². The highest BCUT2D eigenvalue weighted by Crippen LogP contribution is 2.36. The van der Waals surface area contributed by atoms with Crippen LogP contribution in [0.1, 0.15) is 0 Å². The van der Waals surface area contributed by atoms with Crippen molar-refractivity contribution in [3.05, 3.63) is 30.6 Å². The van der Waals surface area contributed by atoms with Crippen molar-refractivity contribution in [3.8, 4) is 5.75 Å². The number of cyclic esters (lactones) is 1. The molecule has 1 aromatic heterocycles. The summed E-state index contributed by atoms with van der Waals surface area (Å²) in [6.07, 6.45) is 2.65. The van der Waals surface area contributed by atoms with Gasteiger partial charge in [-0.05, 0) is 12.1 Å². The zero-order chi connectivity index (χ0) is 18.1. The van der Waals surface area contributed by atoms with Gasteiger partial charge in [0.25, 0.3) is 0 Å². The van der Waals surface area contributed by atoms with Gasteiger partial charge in [0.15, 0.2) is 5.84 Å². The molecule has 10 nitrogen and oxygen atoms in total. The highest BCUT2D eigenvalue weighted by Gasteiger charge is 2.33. The lowest BCUT2D eigenvalue weighted by Crippen LogP contribution is -2.36. The van der Waals surface area contributed by atoms with Gasteiger partial charge in [-0.2, -0.15) is 0 Å². The Labute approximate surface area is 149 Å². The number of amidine groups is 1. The number of hydrogen-bond donors (Lipinski definition) is 0. The van der Waals surface area contributed by atoms with Gasteiger partial charge >= 0.3 is 6.09 Å². The minimum absolute atomic E-state index is 0.288. The van der Waals surface area contributed by atoms with E-state index < -0.39 is 0 Å². The smallest absolute Gasteiger partial charge is 0.414 e. The fraction of sp³-hybridized carbons (Fsp3) is 0.375. The average Bonchev–Trinajstić information content (AvgIpc) is 3.27. The van der Waals surface area contributed by atoms with Gasteiger partial charge in [-0.3, -0.25) is 4.90 Å². The molecule has 10 heteroatoms. The fourth-order valence-electron chi connectivity index (χ4n) is 3.00. The SMILES string of the molecule is CO/N=C1\COc2cc(N3C[C@H](Cn4ccnn4)OC3=O)ccc2N1C. The molecule has 1 atom stereocenters. The highest BCUT2D eigenvalue weighted by atomic mass is 16.6. The minimum Gasteiger partial charge on any atom is -0.483 e. The quantitative estimate of drug-likeness (QED) is 0.755. The van der Waals surface area contributed by atoms with Crippen molar-refractivity contribution < 1.29 is 19.1 Å². The molecule has 1 aromatic carbocycles. The third kappa shape index (κ3) is 2.89. The van der Waals surface area contributed by atoms with Gasteiger partial charge in [0.2, 0.25) is 0 Å². The standard InChI is InChI=1S/C16H18N6O4/c1-20-13-4-3-11(7-14(13)25-10-15(20)18-24-2)22-9-12(26-16(22)23)8-21-6-5-17-19-21/h3-7,12H,8-10H2,1-2H3/b18-15+/t12-/m0/s1. The van der Waals surface area contributed by atoms with E-state index in [4.69, 9.17) is 14.3 Å². The number of rotatable bonds is 4. The fourth-order valence-corrected chi connectivity index (χ4v) is 3.00. The predicted octanol–water partition coefficient (Wildman–Crippen LogP) is 1.09. The van der Waals surface area contributed by atoms with E-state index in [1.807, 2.05) is 30.1 Å². The number of oxime groups is 1. The van der Waals surface area contributed by atoms with Gasteiger partial charge in [-0.1, -0.05) is 10.4 Å². The summed E-state index contributed by atoms with van der Waals surface area (Å²) in [7, 11) is 3.38. The van der Waals surface area contributed by atoms with E-state index in [2.05, 4.69) is 15.5 Å². The van der Waals surface area contributed by atoms with Crippen LogP contribution in [0.3, 0.4) is 0 Å². The lowest BCUT2D eigenvalue weighted by molar-refractivity contribution is 0.129. The number of fused-ring (bicyclic) bond motifs is 1. The Morgan fingerprint density at radius 1 is 1.42 bits per heavy atom. The van der Waals surface area contributed by atoms with Crippen molar-refractivity contribution in [2.75, 3.05) is 37.1 Å². The number of carbonyl (C=O) groups excluding carboxylic acids is 1. The Kier molecular flexibility index (Phi) is 4.07. The van der Waals surface area contributed by atoms with E-state index in [1.165, 1.54) is 7.11 Å². The third-order valence-corrected chi connectivity index (χ3v) is 4.29. The van der Waals surface area contributed by atoms with Crippen LogP contribution < -0.4 is 14.5 Å². The van der Waals surface area contributed by atoms with Gasteiger partial charge in [0.05, 0.1) is 30.7 Å². The summed E-state index contributed by atoms with van der Waals surface area (Å²) < 4.78 is 12.8. The van der Waals surface area contributed by atoms with Crippen LogP contribution in [0.15, 0.2) is 35.7 Å². The summed E-state index contributed by atoms with van der Waals surface area (Å²) in [4.78, 5) is 20.6. The Hall–Kier alpha value is -3.30. The molecule has 2 aliphatic heterocycles. The molecule has 0 saturated carbocycles. The molecule has 0 unspecified atom stereocenters. The van der Waals surface area contributed by atoms with Gasteiger partial charge in [0.1, 0.15) is 25.6 Å². The second kappa shape index (κ2) is 6.54. The first kappa shape index (κ1) is 16.2. The van der Waals surface area contributed by atoms with Crippen LogP contribution in [-0.4, -0.2) is 60.3 Å². The Balaban J connectivity index is 1.52. The minimum atomic E-state index is -0.388. The molecule has 0 radical (unpaired) electrons. The van der Waals surface area contributed by atoms with Crippen LogP contribution >= 0.6 is 0 Å². The number of benzene rings is 1. The molecule has 1 saturated heterocycles. The van der Waals surface area contributed by atoms with Gasteiger partial charge in [0, 0.05) is 19.3 Å². The second-order valence-corrected chi connectivity index (χ2v) is 5.93. The first-order chi connectivity index (χ1) is 12.7. The number of ether oxygens (including phenoxy) is 2. The van der Waals surface area contributed by atoms with Gasteiger partial charge in [-0.25, -0.2) is 9.48 Å². The van der Waals surface area contributed by atoms with Crippen molar-refractivity contribution in [1.29, 1.82) is 0 Å². The number of likely N-dealkylation sites (N-methyl/N-ethyl adjacent to an activating group) is 1. The van der Waals surface area contributed by atoms with Crippen LogP contribution in [0.4, 0.5) is 16.2 Å². The number of anilines is 2. The summed E-state index contributed by atoms with van der Waals surface area (Å²) in [6.45, 7) is 1.19. The third-order valence-electron chi connectivity index (χ3n) is 4.29. The monoisotopic (exact) mass is 358 g/mol. The van der Waals surface area contributed by atoms with Crippen LogP contribution in [0.2, 0.25) is 0 Å². The van der Waals surface area contributed by atoms with E-state index in [0.717, 1.165) is 11.4 Å². The number of aromatic nitrogens is 3. The maximum atomic E-state index is 12.3. The molecule has 1 amide bonds. The molecule has 3 heterocycles. The summed E-state index contributed by atoms with van der Waals surface area (Å²) in [5, 5.41) is 11.6. The number of hydrogen-bond acceptors (Lipinski definition) is 7. The molecule has 1 fully saturated rings. The van der Waals surface area contributed by atoms with Gasteiger partial charge < -0.3 is 19.2 Å². The Morgan fingerprint density at radius 2 is 2.31 bits per heavy atom. The zero-order valence-electron chi connectivity index (χ0n) is 14.4. The van der Waals surface area contributed by atoms with Gasteiger partial charge in [-0.15, -0.1) is 5.10 Å². The van der Waals surface area contributed by atoms with E-state index >= 15 is 0 Å². The zero-order valence-corrected chi connectivity index (χ0v) is 14.4. The van der Waals surface area contributed by atoms with Crippen LogP contribution in [0, 0.1) is 0 Å². The summed E-state index contributed by atoms with van der Waals surface area (Å²) >= 11 is 0. The molecule has 2 aliphatic rings. The molecule has 0 aliphatic carbocycles. The summed E-state index contributed by atoms with van der Waals surface area (Å²) in [5.41, 5.74) is 1.57. The van der Waals surface area contributed by atoms with Crippen LogP contribution in [-0.2, 0) is 16.1 Å². The lowest BCUT2D eigenvalue weighted by atomic mass is 10.2. The average molecular weight is 358 g/mol. The summed E-state index contributed by atoms with van der Waals surface area (Å²) in [5.74, 6) is 1.34. The van der Waals surface area contributed by atoms with Crippen molar-refractivity contribution in [3.63, 3.8) is 0 Å². The number of nitrogens with zero attached hydrogens (tertiary/aromatic N) is 6. The van der Waals surface area contributed by atoms with E-state index in [-0.39, 0.29) is 12.2 Å². The Bertz CT molecular complexity index is 837. The molecular weight excluding hydrogens is 340 g/mol. The number of carbonyl (C=O) groups is 1. The second-order valence-electron chi connectivity index (χ2n) is 5.93. The first-order valence-electron chi connectivity index (χ1n) is 8.08. The van der Waals surface area contributed by atoms with E-state index in [0.29, 0.717) is 31.3 Å². The van der Waals surface area contributed by atoms with E-state index in [1.54, 1.807) is 22.0 Å².